The SMILES string of the molecule is CCCCc1ccc(P2C(c3ccc(C)cc3)CCC2c2ccc(C)cc2)c(CCCC)c1CCCC. The number of benzene rings is 3. The second kappa shape index (κ2) is 13.8. The molecule has 1 fully saturated rings. The van der Waals surface area contributed by atoms with E-state index in [-0.39, 0.29) is 7.92 Å². The maximum atomic E-state index is 2.62. The van der Waals surface area contributed by atoms with Crippen LogP contribution in [0.2, 0.25) is 0 Å². The lowest BCUT2D eigenvalue weighted by Gasteiger charge is -2.31. The minimum atomic E-state index is -0.333. The molecule has 0 saturated carbocycles. The highest BCUT2D eigenvalue weighted by molar-refractivity contribution is 7.66. The second-order valence-electron chi connectivity index (χ2n) is 11.3. The van der Waals surface area contributed by atoms with Crippen molar-refractivity contribution in [2.45, 2.75) is 117 Å². The average Bonchev–Trinajstić information content (AvgIpc) is 3.35. The van der Waals surface area contributed by atoms with Gasteiger partial charge < -0.3 is 0 Å². The van der Waals surface area contributed by atoms with E-state index in [4.69, 9.17) is 0 Å². The summed E-state index contributed by atoms with van der Waals surface area (Å²) in [6.45, 7) is 11.5. The number of rotatable bonds is 12. The summed E-state index contributed by atoms with van der Waals surface area (Å²) in [5.74, 6) is 0. The largest absolute Gasteiger partial charge is 0.0654 e. The summed E-state index contributed by atoms with van der Waals surface area (Å²) in [5.41, 5.74) is 12.3. The summed E-state index contributed by atoms with van der Waals surface area (Å²) >= 11 is 0. The van der Waals surface area contributed by atoms with Crippen molar-refractivity contribution in [3.63, 3.8) is 0 Å². The zero-order chi connectivity index (χ0) is 26.2. The van der Waals surface area contributed by atoms with Crippen LogP contribution in [0.3, 0.4) is 0 Å². The van der Waals surface area contributed by atoms with Gasteiger partial charge in [-0.25, -0.2) is 0 Å². The standard InChI is InChI=1S/C36H49P/c1-6-9-12-29-23-24-36(33(14-11-8-3)32(29)13-10-7-2)37-34(30-19-15-27(4)16-20-30)25-26-35(37)31-21-17-28(5)18-22-31/h15-24,34-35H,6-14,25-26H2,1-5H3. The van der Waals surface area contributed by atoms with Crippen LogP contribution in [-0.2, 0) is 19.3 Å². The summed E-state index contributed by atoms with van der Waals surface area (Å²) in [4.78, 5) is 0. The molecule has 0 aromatic heterocycles. The van der Waals surface area contributed by atoms with E-state index in [2.05, 4.69) is 95.3 Å². The summed E-state index contributed by atoms with van der Waals surface area (Å²) < 4.78 is 0. The van der Waals surface area contributed by atoms with E-state index in [0.29, 0.717) is 11.3 Å². The van der Waals surface area contributed by atoms with Crippen LogP contribution in [0.5, 0.6) is 0 Å². The van der Waals surface area contributed by atoms with Gasteiger partial charge in [0.15, 0.2) is 0 Å². The molecule has 2 atom stereocenters. The molecule has 37 heavy (non-hydrogen) atoms. The Labute approximate surface area is 229 Å². The third-order valence-electron chi connectivity index (χ3n) is 8.45. The van der Waals surface area contributed by atoms with Gasteiger partial charge in [-0.2, -0.15) is 0 Å². The quantitative estimate of drug-likeness (QED) is 0.212. The van der Waals surface area contributed by atoms with Gasteiger partial charge in [0.25, 0.3) is 0 Å². The van der Waals surface area contributed by atoms with Crippen molar-refractivity contribution < 1.29 is 0 Å². The van der Waals surface area contributed by atoms with Gasteiger partial charge in [0, 0.05) is 11.3 Å². The van der Waals surface area contributed by atoms with Crippen molar-refractivity contribution in [1.29, 1.82) is 0 Å². The van der Waals surface area contributed by atoms with E-state index in [0.717, 1.165) is 0 Å². The van der Waals surface area contributed by atoms with Crippen molar-refractivity contribution in [1.82, 2.24) is 0 Å². The molecule has 0 amide bonds. The fourth-order valence-electron chi connectivity index (χ4n) is 6.25. The number of hydrogen-bond acceptors (Lipinski definition) is 0. The Morgan fingerprint density at radius 3 is 1.51 bits per heavy atom. The first kappa shape index (κ1) is 28.1. The summed E-state index contributed by atoms with van der Waals surface area (Å²) in [5, 5.41) is 1.74. The third-order valence-corrected chi connectivity index (χ3v) is 11.9. The Morgan fingerprint density at radius 1 is 0.568 bits per heavy atom. The van der Waals surface area contributed by atoms with Gasteiger partial charge in [-0.15, -0.1) is 0 Å². The second-order valence-corrected chi connectivity index (χ2v) is 13.9. The normalized spacial score (nSPS) is 19.4. The van der Waals surface area contributed by atoms with Gasteiger partial charge in [0.1, 0.15) is 0 Å². The van der Waals surface area contributed by atoms with Crippen LogP contribution in [0.4, 0.5) is 0 Å². The van der Waals surface area contributed by atoms with Gasteiger partial charge in [0.2, 0.25) is 0 Å². The molecule has 4 rings (SSSR count). The molecule has 0 spiro atoms. The predicted octanol–water partition coefficient (Wildman–Crippen LogP) is 10.7. The fourth-order valence-corrected chi connectivity index (χ4v) is 10.0. The Morgan fingerprint density at radius 2 is 1.03 bits per heavy atom. The molecule has 1 heteroatoms. The predicted molar refractivity (Wildman–Crippen MR) is 166 cm³/mol. The van der Waals surface area contributed by atoms with Gasteiger partial charge in [-0.1, -0.05) is 120 Å². The number of unbranched alkanes of at least 4 members (excludes halogenated alkanes) is 3. The van der Waals surface area contributed by atoms with Crippen LogP contribution in [0.15, 0.2) is 60.7 Å². The average molecular weight is 513 g/mol. The van der Waals surface area contributed by atoms with Crippen molar-refractivity contribution in [3.8, 4) is 0 Å². The van der Waals surface area contributed by atoms with Crippen LogP contribution in [0.25, 0.3) is 0 Å². The van der Waals surface area contributed by atoms with Crippen molar-refractivity contribution in [2.75, 3.05) is 0 Å². The minimum Gasteiger partial charge on any atom is -0.0654 e. The van der Waals surface area contributed by atoms with Gasteiger partial charge in [-0.05, 0) is 98.3 Å². The number of aryl methyl sites for hydroxylation is 3. The Hall–Kier alpha value is -1.91. The molecular weight excluding hydrogens is 463 g/mol. The molecule has 1 aliphatic heterocycles. The molecule has 3 aromatic rings. The summed E-state index contributed by atoms with van der Waals surface area (Å²) in [6.07, 6.45) is 14.1. The van der Waals surface area contributed by atoms with E-state index in [1.165, 1.54) is 81.8 Å². The molecule has 0 aliphatic carbocycles. The van der Waals surface area contributed by atoms with Gasteiger partial charge >= 0.3 is 0 Å². The molecule has 0 bridgehead atoms. The topological polar surface area (TPSA) is 0 Å². The first-order valence-electron chi connectivity index (χ1n) is 15.1. The lowest BCUT2D eigenvalue weighted by molar-refractivity contribution is 0.737. The molecular formula is C36H49P. The Bertz CT molecular complexity index is 1060. The van der Waals surface area contributed by atoms with E-state index in [1.807, 2.05) is 0 Å². The van der Waals surface area contributed by atoms with Crippen molar-refractivity contribution in [3.05, 3.63) is 99.6 Å². The van der Waals surface area contributed by atoms with Crippen LogP contribution >= 0.6 is 7.92 Å². The lowest BCUT2D eigenvalue weighted by atomic mass is 9.91. The van der Waals surface area contributed by atoms with Gasteiger partial charge in [-0.3, -0.25) is 0 Å². The van der Waals surface area contributed by atoms with E-state index < -0.39 is 0 Å². The van der Waals surface area contributed by atoms with Crippen molar-refractivity contribution >= 4 is 13.2 Å². The molecule has 0 nitrogen and oxygen atoms in total. The summed E-state index contributed by atoms with van der Waals surface area (Å²) in [7, 11) is -0.333. The van der Waals surface area contributed by atoms with E-state index >= 15 is 0 Å². The van der Waals surface area contributed by atoms with Gasteiger partial charge in [0.05, 0.1) is 0 Å². The molecule has 2 unspecified atom stereocenters. The zero-order valence-corrected chi connectivity index (χ0v) is 25.0. The monoisotopic (exact) mass is 512 g/mol. The highest BCUT2D eigenvalue weighted by atomic mass is 31.1. The fraction of sp³-hybridized carbons (Fsp3) is 0.500. The highest BCUT2D eigenvalue weighted by Crippen LogP contribution is 2.70. The van der Waals surface area contributed by atoms with Crippen LogP contribution in [0.1, 0.15) is 122 Å². The smallest absolute Gasteiger partial charge is 0.00878 e. The number of hydrogen-bond donors (Lipinski definition) is 0. The molecule has 3 aromatic carbocycles. The molecule has 1 aliphatic rings. The first-order valence-corrected chi connectivity index (χ1v) is 16.6. The molecule has 1 heterocycles. The third kappa shape index (κ3) is 6.75. The minimum absolute atomic E-state index is 0.333. The van der Waals surface area contributed by atoms with E-state index in [9.17, 15) is 0 Å². The molecule has 0 N–H and O–H groups in total. The first-order chi connectivity index (χ1) is 18.1. The Kier molecular flexibility index (Phi) is 10.5. The Balaban J connectivity index is 1.87. The van der Waals surface area contributed by atoms with Crippen LogP contribution in [-0.4, -0.2) is 0 Å². The highest BCUT2D eigenvalue weighted by Gasteiger charge is 2.39. The van der Waals surface area contributed by atoms with E-state index in [1.54, 1.807) is 33.1 Å². The molecule has 1 saturated heterocycles. The molecule has 0 radical (unpaired) electrons. The maximum Gasteiger partial charge on any atom is 0.00878 e. The lowest BCUT2D eigenvalue weighted by Crippen LogP contribution is -2.18. The maximum absolute atomic E-state index is 2.62. The summed E-state index contributed by atoms with van der Waals surface area (Å²) in [6, 6.07) is 24.3. The van der Waals surface area contributed by atoms with Crippen LogP contribution < -0.4 is 5.30 Å². The zero-order valence-electron chi connectivity index (χ0n) is 24.2. The van der Waals surface area contributed by atoms with Crippen LogP contribution in [0, 0.1) is 13.8 Å². The van der Waals surface area contributed by atoms with Crippen molar-refractivity contribution in [2.24, 2.45) is 0 Å². The molecule has 198 valence electrons.